The Morgan fingerprint density at radius 3 is 3.16 bits per heavy atom. The molecule has 4 heteroatoms. The fourth-order valence-corrected chi connectivity index (χ4v) is 3.58. The standard InChI is InChI=1S/C15H18N2OS/c18-15(13-5-3-8-16-13)17-9-7-11-10-19-14-6-2-1-4-12(11)14/h1-2,4,6,10,13,16H,3,5,7-9H2,(H,17,18). The van der Waals surface area contributed by atoms with E-state index in [-0.39, 0.29) is 11.9 Å². The van der Waals surface area contributed by atoms with Crippen LogP contribution in [0.1, 0.15) is 18.4 Å². The van der Waals surface area contributed by atoms with Gasteiger partial charge in [-0.3, -0.25) is 4.79 Å². The van der Waals surface area contributed by atoms with Gasteiger partial charge in [0.2, 0.25) is 5.91 Å². The largest absolute Gasteiger partial charge is 0.354 e. The Morgan fingerprint density at radius 2 is 2.32 bits per heavy atom. The highest BCUT2D eigenvalue weighted by Gasteiger charge is 2.21. The Labute approximate surface area is 117 Å². The van der Waals surface area contributed by atoms with Crippen molar-refractivity contribution < 1.29 is 4.79 Å². The molecular formula is C15H18N2OS. The van der Waals surface area contributed by atoms with E-state index in [2.05, 4.69) is 40.3 Å². The van der Waals surface area contributed by atoms with E-state index in [9.17, 15) is 4.79 Å². The Balaban J connectivity index is 1.56. The van der Waals surface area contributed by atoms with Gasteiger partial charge >= 0.3 is 0 Å². The van der Waals surface area contributed by atoms with Crippen molar-refractivity contribution in [3.8, 4) is 0 Å². The lowest BCUT2D eigenvalue weighted by Crippen LogP contribution is -2.41. The lowest BCUT2D eigenvalue weighted by Gasteiger charge is -2.10. The summed E-state index contributed by atoms with van der Waals surface area (Å²) in [6.45, 7) is 1.69. The molecule has 3 nitrogen and oxygen atoms in total. The Hall–Kier alpha value is -1.39. The molecule has 1 amide bonds. The van der Waals surface area contributed by atoms with Crippen molar-refractivity contribution in [2.24, 2.45) is 0 Å². The quantitative estimate of drug-likeness (QED) is 0.898. The summed E-state index contributed by atoms with van der Waals surface area (Å²) >= 11 is 1.77. The molecule has 1 aromatic carbocycles. The first-order valence-electron chi connectivity index (χ1n) is 6.81. The molecule has 1 atom stereocenters. The SMILES string of the molecule is O=C(NCCc1csc2ccccc12)C1CCCN1. The summed E-state index contributed by atoms with van der Waals surface area (Å²) in [5, 5.41) is 9.77. The van der Waals surface area contributed by atoms with Gasteiger partial charge in [-0.15, -0.1) is 11.3 Å². The first-order chi connectivity index (χ1) is 9.34. The monoisotopic (exact) mass is 274 g/mol. The number of rotatable bonds is 4. The molecule has 1 fully saturated rings. The number of benzene rings is 1. The fraction of sp³-hybridized carbons (Fsp3) is 0.400. The van der Waals surface area contributed by atoms with Crippen LogP contribution in [-0.4, -0.2) is 25.0 Å². The first kappa shape index (κ1) is 12.6. The third-order valence-electron chi connectivity index (χ3n) is 3.63. The molecule has 2 N–H and O–H groups in total. The molecule has 1 aliphatic rings. The summed E-state index contributed by atoms with van der Waals surface area (Å²) in [6, 6.07) is 8.46. The van der Waals surface area contributed by atoms with Gasteiger partial charge in [0.05, 0.1) is 6.04 Å². The van der Waals surface area contributed by atoms with E-state index >= 15 is 0 Å². The summed E-state index contributed by atoms with van der Waals surface area (Å²) in [5.41, 5.74) is 1.33. The van der Waals surface area contributed by atoms with E-state index in [0.29, 0.717) is 0 Å². The van der Waals surface area contributed by atoms with Gasteiger partial charge in [0, 0.05) is 11.2 Å². The van der Waals surface area contributed by atoms with Crippen LogP contribution in [0.3, 0.4) is 0 Å². The molecule has 0 radical (unpaired) electrons. The summed E-state index contributed by atoms with van der Waals surface area (Å²) < 4.78 is 1.32. The van der Waals surface area contributed by atoms with Gasteiger partial charge in [-0.1, -0.05) is 18.2 Å². The second-order valence-electron chi connectivity index (χ2n) is 4.95. The van der Waals surface area contributed by atoms with Gasteiger partial charge in [0.1, 0.15) is 0 Å². The number of carbonyl (C=O) groups excluding carboxylic acids is 1. The minimum absolute atomic E-state index is 0.0271. The van der Waals surface area contributed by atoms with Crippen LogP contribution in [0.4, 0.5) is 0 Å². The summed E-state index contributed by atoms with van der Waals surface area (Å²) in [4.78, 5) is 11.9. The summed E-state index contributed by atoms with van der Waals surface area (Å²) in [7, 11) is 0. The van der Waals surface area contributed by atoms with Gasteiger partial charge in [-0.05, 0) is 48.2 Å². The second-order valence-corrected chi connectivity index (χ2v) is 5.86. The Morgan fingerprint density at radius 1 is 1.42 bits per heavy atom. The van der Waals surface area contributed by atoms with E-state index in [4.69, 9.17) is 0 Å². The zero-order chi connectivity index (χ0) is 13.1. The van der Waals surface area contributed by atoms with E-state index in [1.54, 1.807) is 11.3 Å². The smallest absolute Gasteiger partial charge is 0.237 e. The van der Waals surface area contributed by atoms with Crippen molar-refractivity contribution in [3.63, 3.8) is 0 Å². The van der Waals surface area contributed by atoms with E-state index in [1.807, 2.05) is 0 Å². The number of amides is 1. The van der Waals surface area contributed by atoms with Crippen molar-refractivity contribution in [3.05, 3.63) is 35.2 Å². The van der Waals surface area contributed by atoms with Crippen LogP contribution in [0.5, 0.6) is 0 Å². The number of hydrogen-bond donors (Lipinski definition) is 2. The van der Waals surface area contributed by atoms with E-state index in [1.165, 1.54) is 15.6 Å². The van der Waals surface area contributed by atoms with Crippen molar-refractivity contribution in [1.82, 2.24) is 10.6 Å². The summed E-state index contributed by atoms with van der Waals surface area (Å²) in [5.74, 6) is 0.150. The third-order valence-corrected chi connectivity index (χ3v) is 4.64. The molecule has 100 valence electrons. The zero-order valence-electron chi connectivity index (χ0n) is 10.8. The highest BCUT2D eigenvalue weighted by Crippen LogP contribution is 2.25. The van der Waals surface area contributed by atoms with Gasteiger partial charge in [-0.25, -0.2) is 0 Å². The molecule has 0 saturated carbocycles. The van der Waals surface area contributed by atoms with Gasteiger partial charge in [0.25, 0.3) is 0 Å². The molecule has 1 aromatic heterocycles. The second kappa shape index (κ2) is 5.72. The molecule has 0 spiro atoms. The molecule has 0 aliphatic carbocycles. The number of fused-ring (bicyclic) bond motifs is 1. The number of nitrogens with one attached hydrogen (secondary N) is 2. The lowest BCUT2D eigenvalue weighted by molar-refractivity contribution is -0.122. The molecule has 0 bridgehead atoms. The number of thiophene rings is 1. The van der Waals surface area contributed by atoms with Crippen LogP contribution < -0.4 is 10.6 Å². The predicted molar refractivity (Wildman–Crippen MR) is 79.6 cm³/mol. The maximum Gasteiger partial charge on any atom is 0.237 e. The maximum absolute atomic E-state index is 11.9. The molecular weight excluding hydrogens is 256 g/mol. The average molecular weight is 274 g/mol. The van der Waals surface area contributed by atoms with Crippen molar-refractivity contribution in [2.75, 3.05) is 13.1 Å². The molecule has 2 aromatic rings. The average Bonchev–Trinajstić information content (AvgIpc) is 3.08. The fourth-order valence-electron chi connectivity index (χ4n) is 2.58. The van der Waals surface area contributed by atoms with Crippen LogP contribution in [0.2, 0.25) is 0 Å². The Bertz CT molecular complexity index is 572. The van der Waals surface area contributed by atoms with Crippen molar-refractivity contribution in [2.45, 2.75) is 25.3 Å². The molecule has 19 heavy (non-hydrogen) atoms. The normalized spacial score (nSPS) is 18.8. The highest BCUT2D eigenvalue weighted by atomic mass is 32.1. The van der Waals surface area contributed by atoms with Crippen LogP contribution in [-0.2, 0) is 11.2 Å². The Kier molecular flexibility index (Phi) is 3.80. The summed E-state index contributed by atoms with van der Waals surface area (Å²) in [6.07, 6.45) is 2.98. The topological polar surface area (TPSA) is 41.1 Å². The minimum atomic E-state index is 0.0271. The lowest BCUT2D eigenvalue weighted by atomic mass is 10.1. The van der Waals surface area contributed by atoms with E-state index < -0.39 is 0 Å². The molecule has 1 saturated heterocycles. The third kappa shape index (κ3) is 2.80. The molecule has 2 heterocycles. The van der Waals surface area contributed by atoms with Gasteiger partial charge < -0.3 is 10.6 Å². The van der Waals surface area contributed by atoms with Crippen LogP contribution in [0.15, 0.2) is 29.6 Å². The highest BCUT2D eigenvalue weighted by molar-refractivity contribution is 7.17. The maximum atomic E-state index is 11.9. The van der Waals surface area contributed by atoms with Crippen LogP contribution in [0.25, 0.3) is 10.1 Å². The first-order valence-corrected chi connectivity index (χ1v) is 7.69. The van der Waals surface area contributed by atoms with Gasteiger partial charge in [-0.2, -0.15) is 0 Å². The van der Waals surface area contributed by atoms with Crippen LogP contribution in [0, 0.1) is 0 Å². The zero-order valence-corrected chi connectivity index (χ0v) is 11.6. The van der Waals surface area contributed by atoms with Crippen molar-refractivity contribution >= 4 is 27.3 Å². The molecule has 1 unspecified atom stereocenters. The number of hydrogen-bond acceptors (Lipinski definition) is 3. The minimum Gasteiger partial charge on any atom is -0.354 e. The van der Waals surface area contributed by atoms with E-state index in [0.717, 1.165) is 32.4 Å². The van der Waals surface area contributed by atoms with Gasteiger partial charge in [0.15, 0.2) is 0 Å². The van der Waals surface area contributed by atoms with Crippen LogP contribution >= 0.6 is 11.3 Å². The number of carbonyl (C=O) groups is 1. The molecule has 3 rings (SSSR count). The molecule has 1 aliphatic heterocycles. The van der Waals surface area contributed by atoms with Crippen molar-refractivity contribution in [1.29, 1.82) is 0 Å². The predicted octanol–water partition coefficient (Wildman–Crippen LogP) is 2.31.